The van der Waals surface area contributed by atoms with Gasteiger partial charge in [-0.1, -0.05) is 38.5 Å². The second-order valence-corrected chi connectivity index (χ2v) is 6.04. The highest BCUT2D eigenvalue weighted by Crippen LogP contribution is 2.18. The van der Waals surface area contributed by atoms with Crippen molar-refractivity contribution in [3.8, 4) is 0 Å². The van der Waals surface area contributed by atoms with Crippen molar-refractivity contribution in [2.24, 2.45) is 5.92 Å². The first-order chi connectivity index (χ1) is 9.92. The molecule has 1 aromatic carbocycles. The van der Waals surface area contributed by atoms with E-state index in [1.54, 1.807) is 4.90 Å². The predicted molar refractivity (Wildman–Crippen MR) is 82.7 cm³/mol. The Morgan fingerprint density at radius 3 is 2.62 bits per heavy atom. The lowest BCUT2D eigenvalue weighted by molar-refractivity contribution is -0.146. The van der Waals surface area contributed by atoms with Crippen LogP contribution in [0.5, 0.6) is 0 Å². The topological polar surface area (TPSA) is 49.4 Å². The van der Waals surface area contributed by atoms with E-state index in [-0.39, 0.29) is 30.3 Å². The third-order valence-corrected chi connectivity index (χ3v) is 4.39. The molecule has 0 radical (unpaired) electrons. The Labute approximate surface area is 126 Å². The predicted octanol–water partition coefficient (Wildman–Crippen LogP) is 2.18. The number of hydrogen-bond donors (Lipinski definition) is 1. The molecule has 4 nitrogen and oxygen atoms in total. The summed E-state index contributed by atoms with van der Waals surface area (Å²) >= 11 is 0. The van der Waals surface area contributed by atoms with Crippen molar-refractivity contribution in [1.82, 2.24) is 10.2 Å². The lowest BCUT2D eigenvalue weighted by atomic mass is 9.96. The summed E-state index contributed by atoms with van der Waals surface area (Å²) in [6.07, 6.45) is 0.869. The second-order valence-electron chi connectivity index (χ2n) is 6.04. The van der Waals surface area contributed by atoms with Gasteiger partial charge in [-0.25, -0.2) is 0 Å². The van der Waals surface area contributed by atoms with Gasteiger partial charge < -0.3 is 10.2 Å². The Balaban J connectivity index is 2.16. The number of carbonyl (C=O) groups is 2. The average Bonchev–Trinajstić information content (AvgIpc) is 2.45. The van der Waals surface area contributed by atoms with E-state index in [1.165, 1.54) is 11.1 Å². The number of benzene rings is 1. The molecule has 2 amide bonds. The Morgan fingerprint density at radius 2 is 2.00 bits per heavy atom. The normalized spacial score (nSPS) is 20.4. The molecule has 1 N–H and O–H groups in total. The summed E-state index contributed by atoms with van der Waals surface area (Å²) in [5.74, 6) is 0.120. The molecule has 0 spiro atoms. The van der Waals surface area contributed by atoms with Crippen LogP contribution in [-0.2, 0) is 16.1 Å². The van der Waals surface area contributed by atoms with Crippen molar-refractivity contribution < 1.29 is 9.59 Å². The van der Waals surface area contributed by atoms with Gasteiger partial charge in [0, 0.05) is 6.54 Å². The Hall–Kier alpha value is -1.84. The molecule has 1 aliphatic rings. The molecule has 1 aliphatic heterocycles. The zero-order valence-corrected chi connectivity index (χ0v) is 13.3. The molecule has 1 fully saturated rings. The van der Waals surface area contributed by atoms with E-state index >= 15 is 0 Å². The Kier molecular flexibility index (Phi) is 4.66. The van der Waals surface area contributed by atoms with Crippen molar-refractivity contribution in [2.75, 3.05) is 6.54 Å². The number of nitrogens with zero attached hydrogens (tertiary/aromatic N) is 1. The smallest absolute Gasteiger partial charge is 0.246 e. The van der Waals surface area contributed by atoms with Crippen LogP contribution in [0.4, 0.5) is 0 Å². The highest BCUT2D eigenvalue weighted by molar-refractivity contribution is 5.95. The third-order valence-electron chi connectivity index (χ3n) is 4.39. The van der Waals surface area contributed by atoms with E-state index in [0.29, 0.717) is 6.54 Å². The summed E-state index contributed by atoms with van der Waals surface area (Å²) in [5, 5.41) is 2.82. The van der Waals surface area contributed by atoms with Gasteiger partial charge in [0.05, 0.1) is 6.54 Å². The zero-order chi connectivity index (χ0) is 15.6. The van der Waals surface area contributed by atoms with Crippen LogP contribution < -0.4 is 5.32 Å². The minimum Gasteiger partial charge on any atom is -0.342 e. The van der Waals surface area contributed by atoms with Crippen LogP contribution in [-0.4, -0.2) is 29.3 Å². The van der Waals surface area contributed by atoms with Gasteiger partial charge in [0.1, 0.15) is 6.04 Å². The third kappa shape index (κ3) is 3.43. The summed E-state index contributed by atoms with van der Waals surface area (Å²) in [6.45, 7) is 8.82. The lowest BCUT2D eigenvalue weighted by Crippen LogP contribution is -2.59. The SMILES string of the molecule is CCC(C)C1NC(=O)CN(Cc2ccc(C)c(C)c2)C1=O. The van der Waals surface area contributed by atoms with Crippen molar-refractivity contribution in [1.29, 1.82) is 0 Å². The molecular formula is C17H24N2O2. The molecule has 0 bridgehead atoms. The first-order valence-corrected chi connectivity index (χ1v) is 7.56. The number of hydrogen-bond acceptors (Lipinski definition) is 2. The van der Waals surface area contributed by atoms with Gasteiger partial charge in [-0.05, 0) is 36.5 Å². The molecule has 114 valence electrons. The van der Waals surface area contributed by atoms with Crippen molar-refractivity contribution >= 4 is 11.8 Å². The number of carbonyl (C=O) groups excluding carboxylic acids is 2. The molecule has 4 heteroatoms. The fourth-order valence-electron chi connectivity index (χ4n) is 2.61. The van der Waals surface area contributed by atoms with Crippen molar-refractivity contribution in [3.63, 3.8) is 0 Å². The van der Waals surface area contributed by atoms with Crippen LogP contribution in [0.25, 0.3) is 0 Å². The van der Waals surface area contributed by atoms with E-state index < -0.39 is 0 Å². The van der Waals surface area contributed by atoms with E-state index in [9.17, 15) is 9.59 Å². The molecular weight excluding hydrogens is 264 g/mol. The van der Waals surface area contributed by atoms with Crippen LogP contribution in [0, 0.1) is 19.8 Å². The van der Waals surface area contributed by atoms with Crippen molar-refractivity contribution in [3.05, 3.63) is 34.9 Å². The lowest BCUT2D eigenvalue weighted by Gasteiger charge is -2.35. The summed E-state index contributed by atoms with van der Waals surface area (Å²) in [5.41, 5.74) is 3.52. The van der Waals surface area contributed by atoms with Gasteiger partial charge in [-0.3, -0.25) is 9.59 Å². The van der Waals surface area contributed by atoms with Gasteiger partial charge >= 0.3 is 0 Å². The molecule has 0 aromatic heterocycles. The number of rotatable bonds is 4. The molecule has 2 unspecified atom stereocenters. The molecule has 1 saturated heterocycles. The maximum absolute atomic E-state index is 12.5. The number of nitrogens with one attached hydrogen (secondary N) is 1. The minimum absolute atomic E-state index is 0.0298. The minimum atomic E-state index is -0.386. The average molecular weight is 288 g/mol. The van der Waals surface area contributed by atoms with Crippen LogP contribution in [0.1, 0.15) is 37.0 Å². The maximum atomic E-state index is 12.5. The number of piperazine rings is 1. The largest absolute Gasteiger partial charge is 0.342 e. The van der Waals surface area contributed by atoms with Gasteiger partial charge in [0.15, 0.2) is 0 Å². The van der Waals surface area contributed by atoms with E-state index in [2.05, 4.69) is 31.3 Å². The van der Waals surface area contributed by atoms with Crippen LogP contribution in [0.15, 0.2) is 18.2 Å². The van der Waals surface area contributed by atoms with Crippen LogP contribution in [0.3, 0.4) is 0 Å². The molecule has 2 atom stereocenters. The van der Waals surface area contributed by atoms with Gasteiger partial charge in [0.2, 0.25) is 11.8 Å². The van der Waals surface area contributed by atoms with E-state index in [4.69, 9.17) is 0 Å². The molecule has 0 saturated carbocycles. The fraction of sp³-hybridized carbons (Fsp3) is 0.529. The summed E-state index contributed by atoms with van der Waals surface area (Å²) in [6, 6.07) is 5.79. The molecule has 0 aliphatic carbocycles. The molecule has 1 heterocycles. The highest BCUT2D eigenvalue weighted by atomic mass is 16.2. The highest BCUT2D eigenvalue weighted by Gasteiger charge is 2.35. The summed E-state index contributed by atoms with van der Waals surface area (Å²) < 4.78 is 0. The Bertz CT molecular complexity index is 554. The maximum Gasteiger partial charge on any atom is 0.246 e. The van der Waals surface area contributed by atoms with Gasteiger partial charge in [-0.2, -0.15) is 0 Å². The quantitative estimate of drug-likeness (QED) is 0.923. The molecule has 1 aromatic rings. The second kappa shape index (κ2) is 6.29. The van der Waals surface area contributed by atoms with Gasteiger partial charge in [0.25, 0.3) is 0 Å². The summed E-state index contributed by atoms with van der Waals surface area (Å²) in [7, 11) is 0. The van der Waals surface area contributed by atoms with E-state index in [0.717, 1.165) is 12.0 Å². The van der Waals surface area contributed by atoms with Gasteiger partial charge in [-0.15, -0.1) is 0 Å². The standard InChI is InChI=1S/C17H24N2O2/c1-5-11(2)16-17(21)19(10-15(20)18-16)9-14-7-6-12(3)13(4)8-14/h6-8,11,16H,5,9-10H2,1-4H3,(H,18,20). The first-order valence-electron chi connectivity index (χ1n) is 7.56. The van der Waals surface area contributed by atoms with E-state index in [1.807, 2.05) is 19.9 Å². The molecule has 21 heavy (non-hydrogen) atoms. The molecule has 2 rings (SSSR count). The van der Waals surface area contributed by atoms with Crippen LogP contribution in [0.2, 0.25) is 0 Å². The number of amides is 2. The monoisotopic (exact) mass is 288 g/mol. The van der Waals surface area contributed by atoms with Crippen LogP contribution >= 0.6 is 0 Å². The number of aryl methyl sites for hydroxylation is 2. The summed E-state index contributed by atoms with van der Waals surface area (Å²) in [4.78, 5) is 26.1. The fourth-order valence-corrected chi connectivity index (χ4v) is 2.61. The van der Waals surface area contributed by atoms with Crippen molar-refractivity contribution in [2.45, 2.75) is 46.7 Å². The Morgan fingerprint density at radius 1 is 1.29 bits per heavy atom. The first kappa shape index (κ1) is 15.5. The zero-order valence-electron chi connectivity index (χ0n) is 13.3.